The SMILES string of the molecule is CCC(C)N(Cc1cc(C(=O)NCc2ccc(F)cc2)no1)C(=O)c1ccc2c(c1)OCO2. The van der Waals surface area contributed by atoms with Crippen LogP contribution in [0.25, 0.3) is 0 Å². The van der Waals surface area contributed by atoms with Crippen molar-refractivity contribution in [1.82, 2.24) is 15.4 Å². The second-order valence-corrected chi connectivity index (χ2v) is 7.75. The first-order valence-electron chi connectivity index (χ1n) is 10.6. The van der Waals surface area contributed by atoms with E-state index in [1.165, 1.54) is 18.2 Å². The van der Waals surface area contributed by atoms with Crippen molar-refractivity contribution in [2.45, 2.75) is 39.4 Å². The van der Waals surface area contributed by atoms with Gasteiger partial charge in [-0.25, -0.2) is 4.39 Å². The number of aromatic nitrogens is 1. The Balaban J connectivity index is 1.43. The van der Waals surface area contributed by atoms with Gasteiger partial charge in [0, 0.05) is 24.2 Å². The maximum absolute atomic E-state index is 13.2. The van der Waals surface area contributed by atoms with Crippen LogP contribution < -0.4 is 14.8 Å². The standard InChI is InChI=1S/C24H24FN3O5/c1-3-15(2)28(24(30)17-6-9-21-22(10-17)32-14-31-21)13-19-11-20(27-33-19)23(29)26-12-16-4-7-18(25)8-5-16/h4-11,15H,3,12-14H2,1-2H3,(H,26,29). The Morgan fingerprint density at radius 2 is 1.88 bits per heavy atom. The Morgan fingerprint density at radius 3 is 2.64 bits per heavy atom. The highest BCUT2D eigenvalue weighted by molar-refractivity contribution is 5.95. The zero-order valence-electron chi connectivity index (χ0n) is 18.3. The zero-order chi connectivity index (χ0) is 23.4. The molecule has 2 aromatic carbocycles. The van der Waals surface area contributed by atoms with E-state index in [0.717, 1.165) is 12.0 Å². The lowest BCUT2D eigenvalue weighted by Crippen LogP contribution is -2.37. The third kappa shape index (κ3) is 5.14. The van der Waals surface area contributed by atoms with E-state index in [4.69, 9.17) is 14.0 Å². The average Bonchev–Trinajstić information content (AvgIpc) is 3.50. The van der Waals surface area contributed by atoms with Crippen LogP contribution in [0.4, 0.5) is 4.39 Å². The molecule has 9 heteroatoms. The molecule has 1 aliphatic heterocycles. The summed E-state index contributed by atoms with van der Waals surface area (Å²) in [4.78, 5) is 27.3. The topological polar surface area (TPSA) is 93.9 Å². The van der Waals surface area contributed by atoms with Gasteiger partial charge in [-0.05, 0) is 49.2 Å². The molecule has 8 nitrogen and oxygen atoms in total. The fraction of sp³-hybridized carbons (Fsp3) is 0.292. The third-order valence-electron chi connectivity index (χ3n) is 5.49. The number of rotatable bonds is 8. The van der Waals surface area contributed by atoms with Gasteiger partial charge in [0.05, 0.1) is 6.54 Å². The zero-order valence-corrected chi connectivity index (χ0v) is 18.3. The molecule has 1 atom stereocenters. The number of hydrogen-bond donors (Lipinski definition) is 1. The van der Waals surface area contributed by atoms with Gasteiger partial charge in [-0.1, -0.05) is 24.2 Å². The van der Waals surface area contributed by atoms with Crippen molar-refractivity contribution in [1.29, 1.82) is 0 Å². The van der Waals surface area contributed by atoms with E-state index in [2.05, 4.69) is 10.5 Å². The predicted octanol–water partition coefficient (Wildman–Crippen LogP) is 3.91. The van der Waals surface area contributed by atoms with Crippen molar-refractivity contribution in [3.63, 3.8) is 0 Å². The molecule has 2 amide bonds. The van der Waals surface area contributed by atoms with Gasteiger partial charge < -0.3 is 24.2 Å². The van der Waals surface area contributed by atoms with Gasteiger partial charge in [-0.2, -0.15) is 0 Å². The number of halogens is 1. The number of amides is 2. The summed E-state index contributed by atoms with van der Waals surface area (Å²) < 4.78 is 29.0. The molecular formula is C24H24FN3O5. The molecule has 0 saturated carbocycles. The highest BCUT2D eigenvalue weighted by Crippen LogP contribution is 2.33. The number of carbonyl (C=O) groups is 2. The molecule has 0 spiro atoms. The second kappa shape index (κ2) is 9.72. The summed E-state index contributed by atoms with van der Waals surface area (Å²) in [6.45, 7) is 4.44. The van der Waals surface area contributed by atoms with Crippen LogP contribution in [0.3, 0.4) is 0 Å². The third-order valence-corrected chi connectivity index (χ3v) is 5.49. The van der Waals surface area contributed by atoms with Gasteiger partial charge in [-0.3, -0.25) is 9.59 Å². The summed E-state index contributed by atoms with van der Waals surface area (Å²) in [5.74, 6) is 0.564. The fourth-order valence-electron chi connectivity index (χ4n) is 3.38. The van der Waals surface area contributed by atoms with E-state index in [1.54, 1.807) is 35.2 Å². The first-order valence-corrected chi connectivity index (χ1v) is 10.6. The largest absolute Gasteiger partial charge is 0.454 e. The summed E-state index contributed by atoms with van der Waals surface area (Å²) in [6, 6.07) is 12.3. The van der Waals surface area contributed by atoms with Gasteiger partial charge in [0.25, 0.3) is 11.8 Å². The Hall–Kier alpha value is -3.88. The predicted molar refractivity (Wildman–Crippen MR) is 116 cm³/mol. The molecule has 0 radical (unpaired) electrons. The fourth-order valence-corrected chi connectivity index (χ4v) is 3.38. The first-order chi connectivity index (χ1) is 15.9. The quantitative estimate of drug-likeness (QED) is 0.556. The molecule has 1 unspecified atom stereocenters. The molecule has 1 N–H and O–H groups in total. The van der Waals surface area contributed by atoms with E-state index >= 15 is 0 Å². The van der Waals surface area contributed by atoms with E-state index in [9.17, 15) is 14.0 Å². The second-order valence-electron chi connectivity index (χ2n) is 7.75. The van der Waals surface area contributed by atoms with Crippen molar-refractivity contribution in [3.05, 3.63) is 76.9 Å². The van der Waals surface area contributed by atoms with Crippen LogP contribution in [-0.2, 0) is 13.1 Å². The average molecular weight is 453 g/mol. The Kier molecular flexibility index (Phi) is 6.58. The minimum atomic E-state index is -0.425. The minimum absolute atomic E-state index is 0.0798. The molecule has 0 aliphatic carbocycles. The van der Waals surface area contributed by atoms with Crippen LogP contribution in [0, 0.1) is 5.82 Å². The molecule has 4 rings (SSSR count). The Labute approximate surface area is 190 Å². The first kappa shape index (κ1) is 22.3. The number of nitrogens with one attached hydrogen (secondary N) is 1. The molecule has 0 bridgehead atoms. The van der Waals surface area contributed by atoms with E-state index in [0.29, 0.717) is 22.8 Å². The van der Waals surface area contributed by atoms with Gasteiger partial charge >= 0.3 is 0 Å². The number of hydrogen-bond acceptors (Lipinski definition) is 6. The molecular weight excluding hydrogens is 429 g/mol. The Bertz CT molecular complexity index is 1150. The van der Waals surface area contributed by atoms with E-state index in [-0.39, 0.29) is 43.3 Å². The lowest BCUT2D eigenvalue weighted by atomic mass is 10.1. The van der Waals surface area contributed by atoms with E-state index in [1.807, 2.05) is 13.8 Å². The van der Waals surface area contributed by atoms with Gasteiger partial charge in [0.1, 0.15) is 5.82 Å². The number of benzene rings is 2. The van der Waals surface area contributed by atoms with Gasteiger partial charge in [-0.15, -0.1) is 0 Å². The molecule has 33 heavy (non-hydrogen) atoms. The van der Waals surface area contributed by atoms with E-state index < -0.39 is 5.91 Å². The summed E-state index contributed by atoms with van der Waals surface area (Å²) in [6.07, 6.45) is 0.732. The van der Waals surface area contributed by atoms with Crippen LogP contribution in [0.2, 0.25) is 0 Å². The summed E-state index contributed by atoms with van der Waals surface area (Å²) in [5, 5.41) is 6.56. The lowest BCUT2D eigenvalue weighted by Gasteiger charge is -2.27. The monoisotopic (exact) mass is 453 g/mol. The van der Waals surface area contributed by atoms with Crippen LogP contribution in [0.1, 0.15) is 52.4 Å². The number of nitrogens with zero attached hydrogens (tertiary/aromatic N) is 2. The number of fused-ring (bicyclic) bond motifs is 1. The van der Waals surface area contributed by atoms with Gasteiger partial charge in [0.2, 0.25) is 6.79 Å². The minimum Gasteiger partial charge on any atom is -0.454 e. The molecule has 172 valence electrons. The number of ether oxygens (including phenoxy) is 2. The maximum atomic E-state index is 13.2. The van der Waals surface area contributed by atoms with Crippen molar-refractivity contribution >= 4 is 11.8 Å². The normalized spacial score (nSPS) is 12.9. The molecule has 0 fully saturated rings. The molecule has 1 aromatic heterocycles. The van der Waals surface area contributed by atoms with Crippen molar-refractivity contribution < 1.29 is 28.0 Å². The van der Waals surface area contributed by atoms with Crippen molar-refractivity contribution in [2.75, 3.05) is 6.79 Å². The molecule has 2 heterocycles. The maximum Gasteiger partial charge on any atom is 0.273 e. The highest BCUT2D eigenvalue weighted by Gasteiger charge is 2.25. The summed E-state index contributed by atoms with van der Waals surface area (Å²) in [7, 11) is 0. The summed E-state index contributed by atoms with van der Waals surface area (Å²) in [5.41, 5.74) is 1.33. The highest BCUT2D eigenvalue weighted by atomic mass is 19.1. The number of carbonyl (C=O) groups excluding carboxylic acids is 2. The Morgan fingerprint density at radius 1 is 1.12 bits per heavy atom. The lowest BCUT2D eigenvalue weighted by molar-refractivity contribution is 0.0650. The molecule has 0 saturated heterocycles. The smallest absolute Gasteiger partial charge is 0.273 e. The molecule has 3 aromatic rings. The summed E-state index contributed by atoms with van der Waals surface area (Å²) >= 11 is 0. The van der Waals surface area contributed by atoms with Crippen LogP contribution >= 0.6 is 0 Å². The van der Waals surface area contributed by atoms with Crippen LogP contribution in [0.15, 0.2) is 53.1 Å². The van der Waals surface area contributed by atoms with Crippen molar-refractivity contribution in [2.24, 2.45) is 0 Å². The van der Waals surface area contributed by atoms with Crippen LogP contribution in [0.5, 0.6) is 11.5 Å². The molecule has 1 aliphatic rings. The van der Waals surface area contributed by atoms with Crippen molar-refractivity contribution in [3.8, 4) is 11.5 Å². The van der Waals surface area contributed by atoms with Crippen LogP contribution in [-0.4, -0.2) is 34.7 Å². The van der Waals surface area contributed by atoms with Gasteiger partial charge in [0.15, 0.2) is 23.0 Å².